The molecule has 156 valence electrons. The third kappa shape index (κ3) is 4.62. The number of anilines is 3. The predicted octanol–water partition coefficient (Wildman–Crippen LogP) is 5.18. The minimum atomic E-state index is 0.783. The highest BCUT2D eigenvalue weighted by Crippen LogP contribution is 2.32. The quantitative estimate of drug-likeness (QED) is 0.476. The molecular formula is C26H26N4O. The minimum absolute atomic E-state index is 0.783. The fourth-order valence-corrected chi connectivity index (χ4v) is 3.98. The van der Waals surface area contributed by atoms with E-state index in [0.29, 0.717) is 0 Å². The van der Waals surface area contributed by atoms with Gasteiger partial charge in [-0.2, -0.15) is 0 Å². The minimum Gasteiger partial charge on any atom is -0.378 e. The molecule has 3 heterocycles. The topological polar surface area (TPSA) is 42.3 Å². The zero-order valence-corrected chi connectivity index (χ0v) is 17.4. The maximum absolute atomic E-state index is 5.46. The molecule has 2 aromatic heterocycles. The molecule has 1 saturated heterocycles. The van der Waals surface area contributed by atoms with Crippen LogP contribution >= 0.6 is 0 Å². The molecule has 31 heavy (non-hydrogen) atoms. The van der Waals surface area contributed by atoms with Crippen molar-refractivity contribution < 1.29 is 4.74 Å². The van der Waals surface area contributed by atoms with Crippen molar-refractivity contribution in [1.82, 2.24) is 9.55 Å². The number of benzene rings is 2. The van der Waals surface area contributed by atoms with Gasteiger partial charge in [0, 0.05) is 61.4 Å². The van der Waals surface area contributed by atoms with E-state index in [9.17, 15) is 0 Å². The first-order valence-electron chi connectivity index (χ1n) is 10.7. The number of aromatic nitrogens is 2. The molecule has 4 aromatic rings. The Labute approximate surface area is 182 Å². The van der Waals surface area contributed by atoms with Crippen molar-refractivity contribution in [2.45, 2.75) is 6.54 Å². The van der Waals surface area contributed by atoms with Crippen LogP contribution in [-0.2, 0) is 11.3 Å². The van der Waals surface area contributed by atoms with Crippen molar-refractivity contribution in [1.29, 1.82) is 0 Å². The van der Waals surface area contributed by atoms with Gasteiger partial charge in [0.1, 0.15) is 0 Å². The van der Waals surface area contributed by atoms with Gasteiger partial charge in [-0.05, 0) is 41.5 Å². The van der Waals surface area contributed by atoms with E-state index in [1.807, 2.05) is 24.5 Å². The molecule has 1 fully saturated rings. The van der Waals surface area contributed by atoms with E-state index in [1.165, 1.54) is 22.4 Å². The highest BCUT2D eigenvalue weighted by Gasteiger charge is 2.12. The fourth-order valence-electron chi connectivity index (χ4n) is 3.98. The largest absolute Gasteiger partial charge is 0.378 e. The van der Waals surface area contributed by atoms with Crippen LogP contribution in [0.2, 0.25) is 0 Å². The maximum atomic E-state index is 5.46. The van der Waals surface area contributed by atoms with Crippen molar-refractivity contribution in [2.75, 3.05) is 36.5 Å². The number of pyridine rings is 1. The normalized spacial score (nSPS) is 13.9. The van der Waals surface area contributed by atoms with Gasteiger partial charge in [0.05, 0.1) is 18.9 Å². The summed E-state index contributed by atoms with van der Waals surface area (Å²) in [6.45, 7) is 4.27. The Morgan fingerprint density at radius 2 is 1.68 bits per heavy atom. The lowest BCUT2D eigenvalue weighted by Gasteiger charge is -2.28. The van der Waals surface area contributed by atoms with Crippen molar-refractivity contribution in [3.8, 4) is 11.1 Å². The average Bonchev–Trinajstić information content (AvgIpc) is 3.23. The summed E-state index contributed by atoms with van der Waals surface area (Å²) in [4.78, 5) is 6.61. The SMILES string of the molecule is c1ccc(-c2cn(Cc3cccnc3)cc2Nc2ccc(N3CCOCC3)cc2)cc1. The van der Waals surface area contributed by atoms with Crippen molar-refractivity contribution in [3.05, 3.63) is 97.1 Å². The highest BCUT2D eigenvalue weighted by atomic mass is 16.5. The number of hydrogen-bond acceptors (Lipinski definition) is 4. The van der Waals surface area contributed by atoms with E-state index in [1.54, 1.807) is 0 Å². The number of ether oxygens (including phenoxy) is 1. The second-order valence-corrected chi connectivity index (χ2v) is 7.76. The molecule has 0 saturated carbocycles. The summed E-state index contributed by atoms with van der Waals surface area (Å²) in [6, 6.07) is 23.3. The lowest BCUT2D eigenvalue weighted by atomic mass is 10.1. The molecule has 2 aromatic carbocycles. The third-order valence-electron chi connectivity index (χ3n) is 5.58. The second kappa shape index (κ2) is 9.06. The number of hydrogen-bond donors (Lipinski definition) is 1. The van der Waals surface area contributed by atoms with Gasteiger partial charge in [-0.3, -0.25) is 4.98 Å². The number of nitrogens with zero attached hydrogens (tertiary/aromatic N) is 3. The Bertz CT molecular complexity index is 1100. The summed E-state index contributed by atoms with van der Waals surface area (Å²) in [6.07, 6.45) is 8.10. The molecule has 0 aliphatic carbocycles. The van der Waals surface area contributed by atoms with Gasteiger partial charge in [0.15, 0.2) is 0 Å². The van der Waals surface area contributed by atoms with Gasteiger partial charge in [0.2, 0.25) is 0 Å². The van der Waals surface area contributed by atoms with Gasteiger partial charge in [-0.1, -0.05) is 36.4 Å². The fraction of sp³-hybridized carbons (Fsp3) is 0.192. The third-order valence-corrected chi connectivity index (χ3v) is 5.58. The van der Waals surface area contributed by atoms with Gasteiger partial charge < -0.3 is 19.5 Å². The molecule has 0 atom stereocenters. The van der Waals surface area contributed by atoms with Crippen molar-refractivity contribution >= 4 is 17.1 Å². The first-order valence-corrected chi connectivity index (χ1v) is 10.7. The van der Waals surface area contributed by atoms with Crippen LogP contribution in [0, 0.1) is 0 Å². The Morgan fingerprint density at radius 3 is 2.42 bits per heavy atom. The second-order valence-electron chi connectivity index (χ2n) is 7.76. The molecule has 0 unspecified atom stereocenters. The van der Waals surface area contributed by atoms with Crippen LogP contribution < -0.4 is 10.2 Å². The van der Waals surface area contributed by atoms with Gasteiger partial charge in [0.25, 0.3) is 0 Å². The summed E-state index contributed by atoms with van der Waals surface area (Å²) >= 11 is 0. The molecule has 1 N–H and O–H groups in total. The summed E-state index contributed by atoms with van der Waals surface area (Å²) in [5, 5.41) is 3.63. The highest BCUT2D eigenvalue weighted by molar-refractivity contribution is 5.81. The Balaban J connectivity index is 1.40. The standard InChI is InChI=1S/C26H26N4O/c1-2-6-22(7-3-1)25-19-29(18-21-5-4-12-27-17-21)20-26(25)28-23-8-10-24(11-9-23)30-13-15-31-16-14-30/h1-12,17,19-20,28H,13-16,18H2. The zero-order valence-electron chi connectivity index (χ0n) is 17.4. The monoisotopic (exact) mass is 410 g/mol. The molecule has 5 rings (SSSR count). The van der Waals surface area contributed by atoms with Crippen LogP contribution in [0.25, 0.3) is 11.1 Å². The lowest BCUT2D eigenvalue weighted by Crippen LogP contribution is -2.36. The number of rotatable bonds is 6. The van der Waals surface area contributed by atoms with E-state index in [0.717, 1.165) is 44.2 Å². The van der Waals surface area contributed by atoms with E-state index in [4.69, 9.17) is 4.74 Å². The summed E-state index contributed by atoms with van der Waals surface area (Å²) in [5.41, 5.74) is 6.97. The predicted molar refractivity (Wildman–Crippen MR) is 126 cm³/mol. The molecule has 5 nitrogen and oxygen atoms in total. The molecular weight excluding hydrogens is 384 g/mol. The average molecular weight is 411 g/mol. The zero-order chi connectivity index (χ0) is 20.9. The van der Waals surface area contributed by atoms with Crippen LogP contribution in [0.1, 0.15) is 5.56 Å². The Kier molecular flexibility index (Phi) is 5.67. The molecule has 1 aliphatic heterocycles. The van der Waals surface area contributed by atoms with E-state index in [2.05, 4.69) is 86.8 Å². The lowest BCUT2D eigenvalue weighted by molar-refractivity contribution is 0.122. The number of nitrogens with one attached hydrogen (secondary N) is 1. The summed E-state index contributed by atoms with van der Waals surface area (Å²) < 4.78 is 7.68. The summed E-state index contributed by atoms with van der Waals surface area (Å²) in [7, 11) is 0. The van der Waals surface area contributed by atoms with Gasteiger partial charge >= 0.3 is 0 Å². The van der Waals surface area contributed by atoms with Crippen LogP contribution in [-0.4, -0.2) is 35.9 Å². The molecule has 0 amide bonds. The first-order chi connectivity index (χ1) is 15.3. The summed E-state index contributed by atoms with van der Waals surface area (Å²) in [5.74, 6) is 0. The maximum Gasteiger partial charge on any atom is 0.0643 e. The van der Waals surface area contributed by atoms with Gasteiger partial charge in [-0.15, -0.1) is 0 Å². The molecule has 5 heteroatoms. The van der Waals surface area contributed by atoms with E-state index in [-0.39, 0.29) is 0 Å². The van der Waals surface area contributed by atoms with Crippen molar-refractivity contribution in [3.63, 3.8) is 0 Å². The smallest absolute Gasteiger partial charge is 0.0643 e. The van der Waals surface area contributed by atoms with Crippen LogP contribution in [0.15, 0.2) is 91.5 Å². The Morgan fingerprint density at radius 1 is 0.871 bits per heavy atom. The number of morpholine rings is 1. The molecule has 1 aliphatic rings. The molecule has 0 spiro atoms. The van der Waals surface area contributed by atoms with Crippen LogP contribution in [0.3, 0.4) is 0 Å². The van der Waals surface area contributed by atoms with Crippen LogP contribution in [0.4, 0.5) is 17.1 Å². The Hall–Kier alpha value is -3.57. The molecule has 0 radical (unpaired) electrons. The first kappa shape index (κ1) is 19.4. The van der Waals surface area contributed by atoms with E-state index >= 15 is 0 Å². The van der Waals surface area contributed by atoms with E-state index < -0.39 is 0 Å². The van der Waals surface area contributed by atoms with Gasteiger partial charge in [-0.25, -0.2) is 0 Å². The molecule has 0 bridgehead atoms. The van der Waals surface area contributed by atoms with Crippen molar-refractivity contribution in [2.24, 2.45) is 0 Å². The van der Waals surface area contributed by atoms with Crippen LogP contribution in [0.5, 0.6) is 0 Å².